The third-order valence-corrected chi connectivity index (χ3v) is 6.02. The topological polar surface area (TPSA) is 159 Å². The summed E-state index contributed by atoms with van der Waals surface area (Å²) in [7, 11) is 0. The number of benzene rings is 1. The summed E-state index contributed by atoms with van der Waals surface area (Å²) in [6, 6.07) is 7.08. The number of piperidine rings is 1. The number of carbonyl (C=O) groups is 2. The molecular formula is C23H30N8O4. The van der Waals surface area contributed by atoms with Crippen molar-refractivity contribution in [3.8, 4) is 0 Å². The first-order chi connectivity index (χ1) is 16.9. The minimum Gasteiger partial charge on any atom is -0.379 e. The molecule has 0 radical (unpaired) electrons. The molecule has 3 heterocycles. The van der Waals surface area contributed by atoms with Crippen LogP contribution in [0, 0.1) is 0 Å². The van der Waals surface area contributed by atoms with Gasteiger partial charge in [-0.15, -0.1) is 10.2 Å². The predicted octanol–water partition coefficient (Wildman–Crippen LogP) is 0.626. The lowest BCUT2D eigenvalue weighted by molar-refractivity contribution is -0.127. The van der Waals surface area contributed by atoms with E-state index in [0.29, 0.717) is 45.1 Å². The number of nitrogens with one attached hydrogen (secondary N) is 2. The number of primary amides is 1. The van der Waals surface area contributed by atoms with Gasteiger partial charge in [0, 0.05) is 37.9 Å². The largest absolute Gasteiger partial charge is 0.379 e. The van der Waals surface area contributed by atoms with Crippen LogP contribution in [-0.2, 0) is 9.53 Å². The van der Waals surface area contributed by atoms with E-state index in [2.05, 4.69) is 32.4 Å². The number of aromatic nitrogens is 3. The van der Waals surface area contributed by atoms with Gasteiger partial charge in [0.1, 0.15) is 6.23 Å². The highest BCUT2D eigenvalue weighted by atomic mass is 16.5. The van der Waals surface area contributed by atoms with E-state index in [1.807, 2.05) is 4.90 Å². The van der Waals surface area contributed by atoms with Gasteiger partial charge in [-0.2, -0.15) is 4.98 Å². The quantitative estimate of drug-likeness (QED) is 0.393. The highest BCUT2D eigenvalue weighted by molar-refractivity contribution is 5.96. The van der Waals surface area contributed by atoms with Gasteiger partial charge in [-0.3, -0.25) is 14.5 Å². The van der Waals surface area contributed by atoms with Crippen molar-refractivity contribution in [1.29, 1.82) is 0 Å². The predicted molar refractivity (Wildman–Crippen MR) is 129 cm³/mol. The number of amides is 2. The molecule has 2 fully saturated rings. The number of hydrogen-bond donors (Lipinski definition) is 4. The van der Waals surface area contributed by atoms with Gasteiger partial charge in [0.15, 0.2) is 11.5 Å². The van der Waals surface area contributed by atoms with E-state index in [9.17, 15) is 14.7 Å². The third-order valence-electron chi connectivity index (χ3n) is 6.02. The number of ether oxygens (including phenoxy) is 1. The lowest BCUT2D eigenvalue weighted by atomic mass is 10.1. The number of anilines is 3. The molecule has 4 rings (SSSR count). The molecule has 2 aliphatic rings. The van der Waals surface area contributed by atoms with Crippen LogP contribution in [-0.4, -0.2) is 87.3 Å². The molecule has 5 N–H and O–H groups in total. The molecule has 0 saturated carbocycles. The van der Waals surface area contributed by atoms with E-state index in [0.717, 1.165) is 18.4 Å². The minimum atomic E-state index is -0.765. The first-order valence-corrected chi connectivity index (χ1v) is 11.5. The Morgan fingerprint density at radius 2 is 1.94 bits per heavy atom. The van der Waals surface area contributed by atoms with E-state index in [1.54, 1.807) is 29.2 Å². The number of aliphatic hydroxyl groups is 1. The summed E-state index contributed by atoms with van der Waals surface area (Å²) in [4.78, 5) is 31.9. The molecule has 2 aromatic rings. The average molecular weight is 483 g/mol. The molecule has 0 bridgehead atoms. The van der Waals surface area contributed by atoms with Crippen molar-refractivity contribution in [2.75, 3.05) is 50.0 Å². The summed E-state index contributed by atoms with van der Waals surface area (Å²) in [5.41, 5.74) is 6.75. The summed E-state index contributed by atoms with van der Waals surface area (Å²) >= 11 is 0. The van der Waals surface area contributed by atoms with Crippen LogP contribution in [0.15, 0.2) is 36.9 Å². The Morgan fingerprint density at radius 1 is 1.20 bits per heavy atom. The first kappa shape index (κ1) is 24.5. The molecule has 35 heavy (non-hydrogen) atoms. The van der Waals surface area contributed by atoms with Crippen LogP contribution in [0.4, 0.5) is 17.5 Å². The zero-order valence-corrected chi connectivity index (χ0v) is 19.4. The second-order valence-electron chi connectivity index (χ2n) is 8.44. The normalized spacial score (nSPS) is 19.6. The van der Waals surface area contributed by atoms with Crippen LogP contribution in [0.2, 0.25) is 0 Å². The summed E-state index contributed by atoms with van der Waals surface area (Å²) in [6.45, 7) is 7.20. The molecule has 2 aliphatic heterocycles. The Kier molecular flexibility index (Phi) is 7.85. The van der Waals surface area contributed by atoms with Crippen molar-refractivity contribution in [2.24, 2.45) is 5.73 Å². The van der Waals surface area contributed by atoms with Crippen molar-refractivity contribution in [2.45, 2.75) is 25.1 Å². The van der Waals surface area contributed by atoms with Crippen molar-refractivity contribution in [1.82, 2.24) is 25.0 Å². The number of nitrogens with zero attached hydrogens (tertiary/aromatic N) is 5. The van der Waals surface area contributed by atoms with Crippen molar-refractivity contribution in [3.63, 3.8) is 0 Å². The van der Waals surface area contributed by atoms with Crippen LogP contribution < -0.4 is 16.4 Å². The number of rotatable bonds is 8. The zero-order chi connectivity index (χ0) is 24.8. The number of hydrogen-bond acceptors (Lipinski definition) is 10. The van der Waals surface area contributed by atoms with Gasteiger partial charge >= 0.3 is 0 Å². The molecule has 186 valence electrons. The lowest BCUT2D eigenvalue weighted by Gasteiger charge is -2.32. The molecule has 2 atom stereocenters. The highest BCUT2D eigenvalue weighted by Crippen LogP contribution is 2.24. The number of morpholine rings is 1. The SMILES string of the molecule is C=CC(=O)N1CCC[C@@H](Nc2nnc(C(N)=O)c(Nc3ccc(C(O)N4CCOCC4)cc3)n2)C1. The second kappa shape index (κ2) is 11.2. The van der Waals surface area contributed by atoms with Crippen LogP contribution in [0.3, 0.4) is 0 Å². The molecular weight excluding hydrogens is 452 g/mol. The Morgan fingerprint density at radius 3 is 2.63 bits per heavy atom. The van der Waals surface area contributed by atoms with Gasteiger partial charge < -0.3 is 31.1 Å². The number of aliphatic hydroxyl groups excluding tert-OH is 1. The van der Waals surface area contributed by atoms with E-state index >= 15 is 0 Å². The maximum absolute atomic E-state index is 11.9. The monoisotopic (exact) mass is 482 g/mol. The smallest absolute Gasteiger partial charge is 0.273 e. The van der Waals surface area contributed by atoms with Crippen LogP contribution in [0.5, 0.6) is 0 Å². The molecule has 2 saturated heterocycles. The second-order valence-corrected chi connectivity index (χ2v) is 8.44. The number of carbonyl (C=O) groups excluding carboxylic acids is 2. The van der Waals surface area contributed by atoms with Crippen LogP contribution in [0.25, 0.3) is 0 Å². The molecule has 0 spiro atoms. The number of likely N-dealkylation sites (tertiary alicyclic amines) is 1. The van der Waals surface area contributed by atoms with Crippen molar-refractivity contribution >= 4 is 29.3 Å². The van der Waals surface area contributed by atoms with Crippen LogP contribution >= 0.6 is 0 Å². The van der Waals surface area contributed by atoms with Crippen molar-refractivity contribution < 1.29 is 19.4 Å². The Bertz CT molecular complexity index is 1060. The van der Waals surface area contributed by atoms with Crippen LogP contribution in [0.1, 0.15) is 35.1 Å². The van der Waals surface area contributed by atoms with E-state index in [-0.39, 0.29) is 29.4 Å². The molecule has 12 heteroatoms. The fourth-order valence-corrected chi connectivity index (χ4v) is 4.16. The Hall–Kier alpha value is -3.61. The van der Waals surface area contributed by atoms with Gasteiger partial charge in [-0.25, -0.2) is 0 Å². The Balaban J connectivity index is 1.46. The van der Waals surface area contributed by atoms with Gasteiger partial charge in [-0.05, 0) is 36.6 Å². The molecule has 1 unspecified atom stereocenters. The highest BCUT2D eigenvalue weighted by Gasteiger charge is 2.24. The summed E-state index contributed by atoms with van der Waals surface area (Å²) in [6.07, 6.45) is 2.23. The maximum atomic E-state index is 11.9. The summed E-state index contributed by atoms with van der Waals surface area (Å²) < 4.78 is 5.34. The number of nitrogens with two attached hydrogens (primary N) is 1. The first-order valence-electron chi connectivity index (χ1n) is 11.5. The van der Waals surface area contributed by atoms with E-state index < -0.39 is 12.1 Å². The molecule has 1 aromatic carbocycles. The molecule has 12 nitrogen and oxygen atoms in total. The molecule has 0 aliphatic carbocycles. The average Bonchev–Trinajstić information content (AvgIpc) is 2.89. The fraction of sp³-hybridized carbons (Fsp3) is 0.435. The molecule has 2 amide bonds. The fourth-order valence-electron chi connectivity index (χ4n) is 4.16. The van der Waals surface area contributed by atoms with E-state index in [1.165, 1.54) is 6.08 Å². The third kappa shape index (κ3) is 6.10. The lowest BCUT2D eigenvalue weighted by Crippen LogP contribution is -2.44. The summed E-state index contributed by atoms with van der Waals surface area (Å²) in [5.74, 6) is -0.510. The Labute approximate surface area is 203 Å². The van der Waals surface area contributed by atoms with E-state index in [4.69, 9.17) is 10.5 Å². The standard InChI is InChI=1S/C23H30N8O4/c1-2-18(32)31-9-3-4-17(14-31)26-23-27-21(19(20(24)33)28-29-23)25-16-7-5-15(6-8-16)22(34)30-10-12-35-13-11-30/h2,5-8,17,22,34H,1,3-4,9-14H2,(H2,24,33)(H2,25,26,27,29)/t17-,22?/m1/s1. The van der Waals surface area contributed by atoms with Gasteiger partial charge in [0.05, 0.1) is 13.2 Å². The van der Waals surface area contributed by atoms with Gasteiger partial charge in [0.2, 0.25) is 11.9 Å². The van der Waals surface area contributed by atoms with Crippen molar-refractivity contribution in [3.05, 3.63) is 48.2 Å². The zero-order valence-electron chi connectivity index (χ0n) is 19.4. The molecule has 1 aromatic heterocycles. The van der Waals surface area contributed by atoms with Gasteiger partial charge in [0.25, 0.3) is 5.91 Å². The van der Waals surface area contributed by atoms with Gasteiger partial charge in [-0.1, -0.05) is 18.7 Å². The maximum Gasteiger partial charge on any atom is 0.273 e. The summed E-state index contributed by atoms with van der Waals surface area (Å²) in [5, 5.41) is 24.8. The minimum absolute atomic E-state index is 0.0670.